The van der Waals surface area contributed by atoms with E-state index in [9.17, 15) is 29.7 Å². The summed E-state index contributed by atoms with van der Waals surface area (Å²) < 4.78 is 0. The van der Waals surface area contributed by atoms with E-state index in [2.05, 4.69) is 100 Å². The van der Waals surface area contributed by atoms with E-state index < -0.39 is 17.9 Å². The van der Waals surface area contributed by atoms with Crippen molar-refractivity contribution in [2.45, 2.75) is 295 Å². The zero-order valence-corrected chi connectivity index (χ0v) is 52.3. The molecule has 0 aliphatic carbocycles. The Morgan fingerprint density at radius 2 is 0.479 bits per heavy atom. The second-order valence-electron chi connectivity index (χ2n) is 19.6. The van der Waals surface area contributed by atoms with Gasteiger partial charge in [-0.1, -0.05) is 211 Å². The van der Waals surface area contributed by atoms with Crippen LogP contribution in [0.4, 0.5) is 0 Å². The second kappa shape index (κ2) is 69.5. The number of carboxylic acid groups (broad SMARTS) is 3. The fraction of sp³-hybridized carbons (Fsp3) is 0.852. The van der Waals surface area contributed by atoms with Crippen molar-refractivity contribution in [1.29, 1.82) is 0 Å². The number of hydrogen-bond donors (Lipinski definition) is 3. The van der Waals surface area contributed by atoms with E-state index in [4.69, 9.17) is 0 Å². The molecule has 10 heteroatoms. The van der Waals surface area contributed by atoms with Crippen LogP contribution in [0.15, 0.2) is 36.5 Å². The third-order valence-corrected chi connectivity index (χ3v) is 13.9. The molecule has 0 aromatic rings. The fourth-order valence-corrected chi connectivity index (χ4v) is 9.40. The number of aliphatic carboxylic acids is 3. The fourth-order valence-electron chi connectivity index (χ4n) is 8.46. The van der Waals surface area contributed by atoms with Gasteiger partial charge < -0.3 is 29.7 Å². The number of rotatable bonds is 51. The van der Waals surface area contributed by atoms with E-state index in [0.717, 1.165) is 77.0 Å². The van der Waals surface area contributed by atoms with Crippen LogP contribution < -0.4 is 15.3 Å². The van der Waals surface area contributed by atoms with Crippen LogP contribution in [0, 0.1) is 17.8 Å². The Kier molecular flexibility index (Phi) is 75.3. The minimum absolute atomic E-state index is 0.301. The predicted molar refractivity (Wildman–Crippen MR) is 317 cm³/mol. The molecule has 0 aromatic carbocycles. The van der Waals surface area contributed by atoms with Gasteiger partial charge in [-0.25, -0.2) is 0 Å². The molecule has 0 fully saturated rings. The monoisotopic (exact) mass is 1160 g/mol. The van der Waals surface area contributed by atoms with Crippen LogP contribution in [0.2, 0.25) is 4.94 Å². The predicted octanol–water partition coefficient (Wildman–Crippen LogP) is 16.2. The van der Waals surface area contributed by atoms with Gasteiger partial charge in [0.05, 0.1) is 0 Å². The molecule has 0 saturated heterocycles. The molecule has 0 amide bonds. The minimum atomic E-state index is -0.906. The van der Waals surface area contributed by atoms with Crippen molar-refractivity contribution in [1.82, 2.24) is 0 Å². The normalized spacial score (nSPS) is 12.5. The van der Waals surface area contributed by atoms with Gasteiger partial charge in [0.15, 0.2) is 0 Å². The molecule has 0 N–H and O–H groups in total. The molecule has 0 heterocycles. The molecule has 3 unspecified atom stereocenters. The molecular weight excluding hydrogens is 1040 g/mol. The average molecular weight is 1160 g/mol. The van der Waals surface area contributed by atoms with Crippen molar-refractivity contribution in [3.05, 3.63) is 36.5 Å². The summed E-state index contributed by atoms with van der Waals surface area (Å²) in [6.45, 7) is 6.77. The summed E-state index contributed by atoms with van der Waals surface area (Å²) in [7, 11) is 0. The van der Waals surface area contributed by atoms with Crippen LogP contribution in [-0.4, -0.2) is 57.7 Å². The van der Waals surface area contributed by atoms with Crippen molar-refractivity contribution in [2.75, 3.05) is 17.3 Å². The molecule has 0 bridgehead atoms. The number of carbonyl (C=O) groups is 3. The molecular formula is C61H114O6S3Sn. The Balaban J connectivity index is -0.000000465. The van der Waals surface area contributed by atoms with E-state index in [0.29, 0.717) is 36.5 Å². The molecule has 3 atom stereocenters. The Labute approximate surface area is 471 Å². The number of allylic oxidation sites excluding steroid dienone is 6. The Bertz CT molecular complexity index is 1010. The molecule has 0 spiro atoms. The molecule has 0 rings (SSSR count). The first-order valence-electron chi connectivity index (χ1n) is 29.6. The summed E-state index contributed by atoms with van der Waals surface area (Å²) in [5.74, 6) is -1.74. The summed E-state index contributed by atoms with van der Waals surface area (Å²) >= 11 is 13.9. The van der Waals surface area contributed by atoms with Crippen LogP contribution in [0.5, 0.6) is 0 Å². The van der Waals surface area contributed by atoms with E-state index in [1.54, 1.807) is 22.5 Å². The third kappa shape index (κ3) is 67.5. The van der Waals surface area contributed by atoms with E-state index in [1.807, 2.05) is 0 Å². The van der Waals surface area contributed by atoms with Crippen LogP contribution in [0.25, 0.3) is 0 Å². The van der Waals surface area contributed by atoms with Crippen LogP contribution in [-0.2, 0) is 14.4 Å². The van der Waals surface area contributed by atoms with Crippen molar-refractivity contribution in [3.8, 4) is 0 Å². The van der Waals surface area contributed by atoms with Crippen LogP contribution in [0.3, 0.4) is 0 Å². The first-order chi connectivity index (χ1) is 34.7. The molecule has 0 radical (unpaired) electrons. The van der Waals surface area contributed by atoms with Crippen molar-refractivity contribution in [2.24, 2.45) is 17.8 Å². The van der Waals surface area contributed by atoms with Gasteiger partial charge in [-0.05, 0) is 151 Å². The van der Waals surface area contributed by atoms with Gasteiger partial charge in [0.25, 0.3) is 0 Å². The van der Waals surface area contributed by atoms with Gasteiger partial charge in [-0.2, -0.15) is 37.9 Å². The Morgan fingerprint density at radius 3 is 0.648 bits per heavy atom. The van der Waals surface area contributed by atoms with Crippen LogP contribution >= 0.6 is 37.9 Å². The van der Waals surface area contributed by atoms with Gasteiger partial charge in [-0.3, -0.25) is 0 Å². The molecule has 0 aliphatic rings. The average Bonchev–Trinajstić information content (AvgIpc) is 3.36. The zero-order chi connectivity index (χ0) is 53.5. The molecule has 416 valence electrons. The van der Waals surface area contributed by atoms with Gasteiger partial charge in [0, 0.05) is 17.9 Å². The number of hydrogen-bond acceptors (Lipinski definition) is 9. The molecule has 71 heavy (non-hydrogen) atoms. The first kappa shape index (κ1) is 77.0. The quantitative estimate of drug-likeness (QED) is 0.0242. The maximum absolute atomic E-state index is 10.9. The third-order valence-electron chi connectivity index (χ3n) is 13.1. The van der Waals surface area contributed by atoms with E-state index in [-0.39, 0.29) is 17.8 Å². The first-order valence-corrected chi connectivity index (χ1v) is 34.3. The number of carbonyl (C=O) groups excluding carboxylic acids is 3. The standard InChI is InChI=1S/3C20H38O2S.CH3.Sn/c3*1-2-3-4-5-6-7-8-9-10-11-12-13-14-15-16-19(17-18-23)20(21)22;;/h3*9-10,19,23H,2-8,11-18H2,1H3,(H,21,22);1H3;/q;;;;+3/p-3. The van der Waals surface area contributed by atoms with E-state index in [1.165, 1.54) is 173 Å². The molecule has 6 nitrogen and oxygen atoms in total. The second-order valence-corrected chi connectivity index (χ2v) is 21.0. The summed E-state index contributed by atoms with van der Waals surface area (Å²) in [6.07, 6.45) is 63.4. The Morgan fingerprint density at radius 1 is 0.310 bits per heavy atom. The number of unbranched alkanes of at least 4 members (excludes halogenated alkanes) is 30. The van der Waals surface area contributed by atoms with Gasteiger partial charge in [-0.15, -0.1) is 0 Å². The van der Waals surface area contributed by atoms with Gasteiger partial charge >= 0.3 is 27.5 Å². The molecule has 0 aromatic heterocycles. The SMILES string of the molecule is CCCCCCCCC=CCCCCCCC(CCS)C(=O)[O-].CCCCCCCCC=CCCCCCCC(CCS)C(=O)[O-].CCCCCCCCC=CCCCCCCC(CCS)C(=O)[O-].[CH3][Sn+3]. The molecule has 0 saturated carbocycles. The van der Waals surface area contributed by atoms with Crippen molar-refractivity contribution < 1.29 is 29.7 Å². The number of carboxylic acids is 3. The summed E-state index contributed by atoms with van der Waals surface area (Å²) in [5.41, 5.74) is 0. The topological polar surface area (TPSA) is 120 Å². The van der Waals surface area contributed by atoms with Crippen LogP contribution in [0.1, 0.15) is 290 Å². The summed E-state index contributed by atoms with van der Waals surface area (Å²) in [6, 6.07) is 0. The summed E-state index contributed by atoms with van der Waals surface area (Å²) in [5, 5.41) is 32.7. The molecule has 0 aliphatic heterocycles. The van der Waals surface area contributed by atoms with Crippen molar-refractivity contribution in [3.63, 3.8) is 0 Å². The zero-order valence-electron chi connectivity index (χ0n) is 46.8. The van der Waals surface area contributed by atoms with E-state index >= 15 is 0 Å². The van der Waals surface area contributed by atoms with Crippen molar-refractivity contribution >= 4 is 78.3 Å². The summed E-state index contributed by atoms with van der Waals surface area (Å²) in [4.78, 5) is 34.8. The number of thiol groups is 3. The van der Waals surface area contributed by atoms with Gasteiger partial charge in [0.2, 0.25) is 0 Å². The maximum atomic E-state index is 10.9. The van der Waals surface area contributed by atoms with Gasteiger partial charge in [0.1, 0.15) is 0 Å². The Hall–Kier alpha value is -0.521.